The lowest BCUT2D eigenvalue weighted by molar-refractivity contribution is 0.0942. The molecule has 126 valence electrons. The molecule has 0 radical (unpaired) electrons. The van der Waals surface area contributed by atoms with Crippen LogP contribution in [-0.4, -0.2) is 17.9 Å². The monoisotopic (exact) mass is 408 g/mol. The van der Waals surface area contributed by atoms with Crippen molar-refractivity contribution < 1.29 is 9.59 Å². The van der Waals surface area contributed by atoms with Crippen LogP contribution >= 0.6 is 27.5 Å². The third-order valence-corrected chi connectivity index (χ3v) is 4.25. The van der Waals surface area contributed by atoms with Crippen LogP contribution in [0.2, 0.25) is 5.02 Å². The Morgan fingerprint density at radius 3 is 2.38 bits per heavy atom. The molecule has 24 heavy (non-hydrogen) atoms. The van der Waals surface area contributed by atoms with Gasteiger partial charge in [-0.3, -0.25) is 9.59 Å². The summed E-state index contributed by atoms with van der Waals surface area (Å²) < 4.78 is 0.661. The number of carbonyl (C=O) groups is 2. The Bertz CT molecular complexity index is 791. The predicted octanol–water partition coefficient (Wildman–Crippen LogP) is 4.80. The fourth-order valence-electron chi connectivity index (χ4n) is 2.21. The van der Waals surface area contributed by atoms with Crippen LogP contribution in [0.25, 0.3) is 0 Å². The largest absolute Gasteiger partial charge is 0.350 e. The molecule has 0 spiro atoms. The number of anilines is 1. The van der Waals surface area contributed by atoms with Crippen LogP contribution in [0.4, 0.5) is 5.69 Å². The second kappa shape index (κ2) is 7.81. The Morgan fingerprint density at radius 1 is 1.04 bits per heavy atom. The third kappa shape index (κ3) is 4.58. The van der Waals surface area contributed by atoms with Gasteiger partial charge in [-0.25, -0.2) is 0 Å². The van der Waals surface area contributed by atoms with Gasteiger partial charge in [-0.15, -0.1) is 0 Å². The molecule has 2 aromatic rings. The Labute approximate surface area is 154 Å². The first kappa shape index (κ1) is 18.5. The highest BCUT2D eigenvalue weighted by atomic mass is 79.9. The van der Waals surface area contributed by atoms with Gasteiger partial charge in [0.05, 0.1) is 5.56 Å². The Hall–Kier alpha value is -1.85. The van der Waals surface area contributed by atoms with Crippen molar-refractivity contribution in [3.8, 4) is 0 Å². The second-order valence-electron chi connectivity index (χ2n) is 5.74. The Morgan fingerprint density at radius 2 is 1.75 bits per heavy atom. The number of nitrogens with one attached hydrogen (secondary N) is 2. The van der Waals surface area contributed by atoms with Gasteiger partial charge in [0.1, 0.15) is 0 Å². The van der Waals surface area contributed by atoms with Crippen molar-refractivity contribution in [3.63, 3.8) is 0 Å². The third-order valence-electron chi connectivity index (χ3n) is 3.32. The number of rotatable bonds is 4. The van der Waals surface area contributed by atoms with E-state index in [1.807, 2.05) is 20.8 Å². The molecular weight excluding hydrogens is 392 g/mol. The van der Waals surface area contributed by atoms with Crippen molar-refractivity contribution in [2.45, 2.75) is 26.8 Å². The maximum atomic E-state index is 12.4. The molecule has 0 unspecified atom stereocenters. The summed E-state index contributed by atoms with van der Waals surface area (Å²) in [7, 11) is 0. The highest BCUT2D eigenvalue weighted by molar-refractivity contribution is 9.10. The van der Waals surface area contributed by atoms with Gasteiger partial charge in [-0.05, 0) is 78.7 Å². The molecule has 2 amide bonds. The van der Waals surface area contributed by atoms with E-state index in [1.165, 1.54) is 0 Å². The summed E-state index contributed by atoms with van der Waals surface area (Å²) in [6.07, 6.45) is 0. The number of halogens is 2. The summed E-state index contributed by atoms with van der Waals surface area (Å²) in [5.74, 6) is -0.402. The summed E-state index contributed by atoms with van der Waals surface area (Å²) in [4.78, 5) is 24.5. The van der Waals surface area contributed by atoms with Gasteiger partial charge in [-0.1, -0.05) is 11.6 Å². The number of hydrogen-bond acceptors (Lipinski definition) is 2. The first-order valence-corrected chi connectivity index (χ1v) is 8.63. The molecule has 0 heterocycles. The van der Waals surface area contributed by atoms with Gasteiger partial charge in [0.15, 0.2) is 0 Å². The Kier molecular flexibility index (Phi) is 6.02. The first-order valence-electron chi connectivity index (χ1n) is 7.46. The van der Waals surface area contributed by atoms with Gasteiger partial charge in [0.2, 0.25) is 0 Å². The van der Waals surface area contributed by atoms with E-state index in [9.17, 15) is 9.59 Å². The molecule has 0 bridgehead atoms. The van der Waals surface area contributed by atoms with E-state index >= 15 is 0 Å². The summed E-state index contributed by atoms with van der Waals surface area (Å²) in [5.41, 5.74) is 2.44. The van der Waals surface area contributed by atoms with Crippen molar-refractivity contribution in [3.05, 3.63) is 62.6 Å². The van der Waals surface area contributed by atoms with E-state index in [-0.39, 0.29) is 17.9 Å². The second-order valence-corrected chi connectivity index (χ2v) is 7.03. The molecule has 6 heteroatoms. The van der Waals surface area contributed by atoms with E-state index in [0.717, 1.165) is 5.56 Å². The van der Waals surface area contributed by atoms with Gasteiger partial charge < -0.3 is 10.6 Å². The van der Waals surface area contributed by atoms with Crippen molar-refractivity contribution >= 4 is 45.0 Å². The lowest BCUT2D eigenvalue weighted by atomic mass is 10.1. The van der Waals surface area contributed by atoms with Gasteiger partial charge >= 0.3 is 0 Å². The maximum absolute atomic E-state index is 12.4. The predicted molar refractivity (Wildman–Crippen MR) is 101 cm³/mol. The van der Waals surface area contributed by atoms with Crippen LogP contribution in [0.5, 0.6) is 0 Å². The van der Waals surface area contributed by atoms with Crippen LogP contribution in [0.15, 0.2) is 40.9 Å². The molecule has 4 nitrogen and oxygen atoms in total. The lowest BCUT2D eigenvalue weighted by Crippen LogP contribution is -2.30. The first-order chi connectivity index (χ1) is 11.3. The highest BCUT2D eigenvalue weighted by Gasteiger charge is 2.14. The van der Waals surface area contributed by atoms with Crippen LogP contribution in [0.1, 0.15) is 40.1 Å². The van der Waals surface area contributed by atoms with E-state index in [2.05, 4.69) is 26.6 Å². The quantitative estimate of drug-likeness (QED) is 0.762. The molecule has 0 atom stereocenters. The van der Waals surface area contributed by atoms with Gasteiger partial charge in [-0.2, -0.15) is 0 Å². The standard InChI is InChI=1S/C18H18BrClN2O2/c1-10(2)21-17(23)14-6-5-13(8-11(14)3)22-18(24)15-9-12(20)4-7-16(15)19/h4-10H,1-3H3,(H,21,23)(H,22,24). The Balaban J connectivity index is 2.19. The van der Waals surface area contributed by atoms with E-state index in [0.29, 0.717) is 26.3 Å². The van der Waals surface area contributed by atoms with Crippen LogP contribution in [0, 0.1) is 6.92 Å². The molecule has 0 saturated carbocycles. The number of benzene rings is 2. The molecule has 2 N–H and O–H groups in total. The summed E-state index contributed by atoms with van der Waals surface area (Å²) in [5, 5.41) is 6.15. The lowest BCUT2D eigenvalue weighted by Gasteiger charge is -2.12. The van der Waals surface area contributed by atoms with Crippen molar-refractivity contribution in [2.75, 3.05) is 5.32 Å². The van der Waals surface area contributed by atoms with E-state index in [1.54, 1.807) is 36.4 Å². The van der Waals surface area contributed by atoms with E-state index < -0.39 is 0 Å². The average Bonchev–Trinajstić information content (AvgIpc) is 2.48. The molecule has 0 aliphatic carbocycles. The van der Waals surface area contributed by atoms with Crippen LogP contribution in [0.3, 0.4) is 0 Å². The van der Waals surface area contributed by atoms with Crippen LogP contribution in [-0.2, 0) is 0 Å². The van der Waals surface area contributed by atoms with Crippen LogP contribution < -0.4 is 10.6 Å². The SMILES string of the molecule is Cc1cc(NC(=O)c2cc(Cl)ccc2Br)ccc1C(=O)NC(C)C. The summed E-state index contributed by atoms with van der Waals surface area (Å²) in [6, 6.07) is 10.3. The topological polar surface area (TPSA) is 58.2 Å². The smallest absolute Gasteiger partial charge is 0.256 e. The number of carbonyl (C=O) groups excluding carboxylic acids is 2. The number of aryl methyl sites for hydroxylation is 1. The molecule has 0 saturated heterocycles. The molecule has 0 aliphatic rings. The minimum Gasteiger partial charge on any atom is -0.350 e. The van der Waals surface area contributed by atoms with Gasteiger partial charge in [0.25, 0.3) is 11.8 Å². The zero-order chi connectivity index (χ0) is 17.9. The van der Waals surface area contributed by atoms with Crippen molar-refractivity contribution in [1.82, 2.24) is 5.32 Å². The number of amides is 2. The van der Waals surface area contributed by atoms with E-state index in [4.69, 9.17) is 11.6 Å². The fraction of sp³-hybridized carbons (Fsp3) is 0.222. The molecule has 0 fully saturated rings. The highest BCUT2D eigenvalue weighted by Crippen LogP contribution is 2.23. The van der Waals surface area contributed by atoms with Gasteiger partial charge in [0, 0.05) is 26.8 Å². The summed E-state index contributed by atoms with van der Waals surface area (Å²) in [6.45, 7) is 5.65. The van der Waals surface area contributed by atoms with Crippen molar-refractivity contribution in [2.24, 2.45) is 0 Å². The number of hydrogen-bond donors (Lipinski definition) is 2. The minimum absolute atomic E-state index is 0.0662. The molecule has 0 aromatic heterocycles. The van der Waals surface area contributed by atoms with Crippen molar-refractivity contribution in [1.29, 1.82) is 0 Å². The average molecular weight is 410 g/mol. The maximum Gasteiger partial charge on any atom is 0.256 e. The zero-order valence-corrected chi connectivity index (χ0v) is 16.0. The molecule has 2 rings (SSSR count). The minimum atomic E-state index is -0.275. The molecule has 0 aliphatic heterocycles. The fourth-order valence-corrected chi connectivity index (χ4v) is 2.80. The normalized spacial score (nSPS) is 10.6. The summed E-state index contributed by atoms with van der Waals surface area (Å²) >= 11 is 9.28. The molecular formula is C18H18BrClN2O2. The molecule has 2 aromatic carbocycles. The zero-order valence-electron chi connectivity index (χ0n) is 13.6.